The number of sulfonamides is 1. The second kappa shape index (κ2) is 19.4. The van der Waals surface area contributed by atoms with Crippen molar-refractivity contribution in [2.75, 3.05) is 11.4 Å². The smallest absolute Gasteiger partial charge is 0.306 e. The van der Waals surface area contributed by atoms with Gasteiger partial charge < -0.3 is 24.6 Å². The van der Waals surface area contributed by atoms with Crippen molar-refractivity contribution in [1.82, 2.24) is 19.9 Å². The fourth-order valence-corrected chi connectivity index (χ4v) is 12.3. The summed E-state index contributed by atoms with van der Waals surface area (Å²) in [7, 11) is -3.99. The van der Waals surface area contributed by atoms with Crippen LogP contribution in [0.5, 0.6) is 0 Å². The quantitative estimate of drug-likeness (QED) is 0.155. The van der Waals surface area contributed by atoms with E-state index < -0.39 is 61.7 Å². The molecule has 13 nitrogen and oxygen atoms in total. The highest BCUT2D eigenvalue weighted by atomic mass is 32.2. The molecule has 5 aliphatic rings. The van der Waals surface area contributed by atoms with E-state index in [1.165, 1.54) is 10.4 Å². The predicted molar refractivity (Wildman–Crippen MR) is 259 cm³/mol. The van der Waals surface area contributed by atoms with Crippen LogP contribution in [0, 0.1) is 11.8 Å². The number of fused-ring (bicyclic) bond motifs is 3. The maximum atomic E-state index is 15.0. The molecule has 3 fully saturated rings. The minimum Gasteiger partial charge on any atom is -0.474 e. The first-order chi connectivity index (χ1) is 31.0. The maximum absolute atomic E-state index is 15.0. The highest BCUT2D eigenvalue weighted by Gasteiger charge is 2.63. The van der Waals surface area contributed by atoms with E-state index in [0.29, 0.717) is 43.4 Å². The largest absolute Gasteiger partial charge is 0.474 e. The number of anilines is 1. The van der Waals surface area contributed by atoms with Crippen molar-refractivity contribution < 1.29 is 37.1 Å². The number of benzene rings is 1. The monoisotopic (exact) mass is 947 g/mol. The Morgan fingerprint density at radius 1 is 1.03 bits per heavy atom. The number of ether oxygens (including phenoxy) is 2. The number of thiazole rings is 1. The van der Waals surface area contributed by atoms with Gasteiger partial charge in [-0.05, 0) is 129 Å². The van der Waals surface area contributed by atoms with Crippen LogP contribution in [-0.2, 0) is 45.1 Å². The first-order valence-electron chi connectivity index (χ1n) is 24.4. The van der Waals surface area contributed by atoms with E-state index in [4.69, 9.17) is 14.5 Å². The molecular formula is C51H73N5O8S2. The van der Waals surface area contributed by atoms with Crippen LogP contribution < -0.4 is 14.9 Å². The zero-order valence-electron chi connectivity index (χ0n) is 40.8. The van der Waals surface area contributed by atoms with Crippen molar-refractivity contribution >= 4 is 50.7 Å². The lowest BCUT2D eigenvalue weighted by Crippen LogP contribution is -2.57. The van der Waals surface area contributed by atoms with Crippen molar-refractivity contribution in [1.29, 1.82) is 0 Å². The number of hydrogen-bond acceptors (Lipinski definition) is 11. The summed E-state index contributed by atoms with van der Waals surface area (Å²) in [5, 5.41) is 4.02. The van der Waals surface area contributed by atoms with E-state index >= 15 is 0 Å². The van der Waals surface area contributed by atoms with Crippen molar-refractivity contribution in [2.24, 2.45) is 11.8 Å². The molecule has 15 heteroatoms. The molecule has 0 bridgehead atoms. The van der Waals surface area contributed by atoms with Crippen LogP contribution in [0.15, 0.2) is 42.3 Å². The fourth-order valence-electron chi connectivity index (χ4n) is 9.76. The number of hydrogen-bond donors (Lipinski definition) is 2. The van der Waals surface area contributed by atoms with Crippen LogP contribution in [-0.4, -0.2) is 82.6 Å². The molecule has 7 rings (SSSR count). The molecule has 66 heavy (non-hydrogen) atoms. The Balaban J connectivity index is 1.20. The van der Waals surface area contributed by atoms with Gasteiger partial charge in [-0.2, -0.15) is 0 Å². The van der Waals surface area contributed by atoms with Gasteiger partial charge in [-0.3, -0.25) is 23.9 Å². The summed E-state index contributed by atoms with van der Waals surface area (Å²) in [6.45, 7) is 20.2. The Morgan fingerprint density at radius 3 is 2.42 bits per heavy atom. The van der Waals surface area contributed by atoms with Crippen LogP contribution >= 0.6 is 11.3 Å². The number of nitrogens with zero attached hydrogens (tertiary/aromatic N) is 3. The summed E-state index contributed by atoms with van der Waals surface area (Å²) < 4.78 is 40.6. The van der Waals surface area contributed by atoms with E-state index in [1.807, 2.05) is 32.9 Å². The number of esters is 1. The van der Waals surface area contributed by atoms with Gasteiger partial charge in [0.25, 0.3) is 5.91 Å². The molecule has 3 amide bonds. The Morgan fingerprint density at radius 2 is 1.77 bits per heavy atom. The van der Waals surface area contributed by atoms with Gasteiger partial charge in [0.15, 0.2) is 5.88 Å². The van der Waals surface area contributed by atoms with Gasteiger partial charge in [-0.15, -0.1) is 11.3 Å². The number of carbonyl (C=O) groups excluding carboxylic acids is 4. The van der Waals surface area contributed by atoms with E-state index in [2.05, 4.69) is 80.8 Å². The van der Waals surface area contributed by atoms with Crippen molar-refractivity contribution in [3.63, 3.8) is 0 Å². The molecule has 3 aliphatic heterocycles. The van der Waals surface area contributed by atoms with Crippen LogP contribution in [0.1, 0.15) is 174 Å². The van der Waals surface area contributed by atoms with Crippen LogP contribution in [0.3, 0.4) is 0 Å². The van der Waals surface area contributed by atoms with Crippen LogP contribution in [0.25, 0.3) is 10.6 Å². The van der Waals surface area contributed by atoms with Gasteiger partial charge >= 0.3 is 5.97 Å². The lowest BCUT2D eigenvalue weighted by atomic mass is 9.94. The average molecular weight is 948 g/mol. The maximum Gasteiger partial charge on any atom is 0.306 e. The third kappa shape index (κ3) is 10.7. The molecule has 4 heterocycles. The Kier molecular flexibility index (Phi) is 14.6. The average Bonchev–Trinajstić information content (AvgIpc) is 4.05. The van der Waals surface area contributed by atoms with Gasteiger partial charge in [-0.25, -0.2) is 13.4 Å². The SMILES string of the molecule is CC(C)c1nc(-c2cccc3c2CCC=C(O[C@@H]2C[C@H]4C(=O)N[C@]5(C(=O)NS(=O)(=O)C6(C)CC6)C[C@H]5/C=C\CCCCC[C@H](CCC(=O)OC(C)(C)C)C(=O)N4C2)N3C(C)C)sc1C(C)C. The Bertz CT molecular complexity index is 2320. The molecule has 1 saturated heterocycles. The van der Waals surface area contributed by atoms with E-state index in [1.54, 1.807) is 23.2 Å². The lowest BCUT2D eigenvalue weighted by molar-refractivity contribution is -0.155. The van der Waals surface area contributed by atoms with Gasteiger partial charge in [0.05, 0.1) is 17.0 Å². The summed E-state index contributed by atoms with van der Waals surface area (Å²) in [6, 6.07) is 5.33. The minimum atomic E-state index is -3.99. The number of rotatable bonds is 12. The van der Waals surface area contributed by atoms with E-state index in [9.17, 15) is 27.6 Å². The molecule has 0 radical (unpaired) electrons. The zero-order valence-corrected chi connectivity index (χ0v) is 42.5. The molecule has 362 valence electrons. The normalized spacial score (nSPS) is 26.3. The van der Waals surface area contributed by atoms with E-state index in [0.717, 1.165) is 54.1 Å². The van der Waals surface area contributed by atoms with Gasteiger partial charge in [-0.1, -0.05) is 64.8 Å². The Hall–Kier alpha value is -4.24. The number of allylic oxidation sites excluding steroid dienone is 2. The molecule has 2 N–H and O–H groups in total. The molecule has 2 aliphatic carbocycles. The van der Waals surface area contributed by atoms with Gasteiger partial charge in [0, 0.05) is 46.8 Å². The third-order valence-electron chi connectivity index (χ3n) is 13.9. The topological polar surface area (TPSA) is 164 Å². The lowest BCUT2D eigenvalue weighted by Gasteiger charge is -2.33. The summed E-state index contributed by atoms with van der Waals surface area (Å²) in [6.07, 6.45) is 12.2. The van der Waals surface area contributed by atoms with E-state index in [-0.39, 0.29) is 50.1 Å². The second-order valence-corrected chi connectivity index (χ2v) is 24.7. The number of nitrogens with one attached hydrogen (secondary N) is 2. The number of carbonyl (C=O) groups is 4. The first kappa shape index (κ1) is 49.7. The van der Waals surface area contributed by atoms with Crippen molar-refractivity contribution in [3.05, 3.63) is 58.4 Å². The minimum absolute atomic E-state index is 0.0153. The zero-order chi connectivity index (χ0) is 47.9. The second-order valence-electron chi connectivity index (χ2n) is 21.5. The molecular weight excluding hydrogens is 875 g/mol. The molecule has 0 spiro atoms. The molecule has 2 saturated carbocycles. The van der Waals surface area contributed by atoms with Gasteiger partial charge in [0.2, 0.25) is 21.8 Å². The first-order valence-corrected chi connectivity index (χ1v) is 26.7. The number of aromatic nitrogens is 1. The molecule has 2 aromatic rings. The van der Waals surface area contributed by atoms with Crippen molar-refractivity contribution in [3.8, 4) is 10.6 Å². The summed E-state index contributed by atoms with van der Waals surface area (Å²) in [5.74, 6) is -1.58. The van der Waals surface area contributed by atoms with Crippen LogP contribution in [0.2, 0.25) is 0 Å². The predicted octanol–water partition coefficient (Wildman–Crippen LogP) is 9.18. The summed E-state index contributed by atoms with van der Waals surface area (Å²) in [4.78, 5) is 67.2. The molecule has 5 atom stereocenters. The van der Waals surface area contributed by atoms with Crippen molar-refractivity contribution in [2.45, 2.75) is 199 Å². The summed E-state index contributed by atoms with van der Waals surface area (Å²) >= 11 is 1.77. The van der Waals surface area contributed by atoms with Crippen LogP contribution in [0.4, 0.5) is 5.69 Å². The third-order valence-corrected chi connectivity index (χ3v) is 17.4. The standard InChI is InChI=1S/C51H73N5O8S2/c1-31(2)43-44(32(3)4)65-46(52-43)38-21-16-22-39-37(38)20-17-23-41(56(39)33(5)6)63-36-28-40-45(58)53-51(48(60)54-66(61,62)50(10)26-27-50)29-35(51)19-15-13-11-12-14-18-34(47(59)55(40)30-36)24-25-42(57)64-49(7,8)9/h15-16,19,21-23,31-36,40H,11-14,17-18,20,24-30H2,1-10H3,(H,53,58)(H,54,60)/b19-15-/t34-,35-,36-,40+,51-/m1/s1. The fraction of sp³-hybridized carbons (Fsp3) is 0.667. The number of amides is 3. The highest BCUT2D eigenvalue weighted by Crippen LogP contribution is 2.48. The van der Waals surface area contributed by atoms with Gasteiger partial charge in [0.1, 0.15) is 28.3 Å². The molecule has 1 aromatic carbocycles. The highest BCUT2D eigenvalue weighted by molar-refractivity contribution is 7.91. The summed E-state index contributed by atoms with van der Waals surface area (Å²) in [5.41, 5.74) is 2.31. The Labute approximate surface area is 397 Å². The molecule has 1 aromatic heterocycles. The molecule has 0 unspecified atom stereocenters.